The van der Waals surface area contributed by atoms with Gasteiger partial charge in [0, 0.05) is 4.47 Å². The van der Waals surface area contributed by atoms with Crippen molar-refractivity contribution in [1.82, 2.24) is 15.5 Å². The number of aromatic amines is 1. The number of H-pyrrole nitrogens is 1. The third-order valence-electron chi connectivity index (χ3n) is 3.32. The van der Waals surface area contributed by atoms with E-state index in [2.05, 4.69) is 38.4 Å². The van der Waals surface area contributed by atoms with E-state index in [4.69, 9.17) is 5.73 Å². The minimum Gasteiger partial charge on any atom is -0.395 e. The van der Waals surface area contributed by atoms with Crippen LogP contribution in [0.3, 0.4) is 0 Å². The largest absolute Gasteiger partial charge is 0.395 e. The zero-order valence-electron chi connectivity index (χ0n) is 12.1. The summed E-state index contributed by atoms with van der Waals surface area (Å²) in [5.74, 6) is -0.262. The van der Waals surface area contributed by atoms with Gasteiger partial charge in [-0.3, -0.25) is 9.89 Å². The predicted molar refractivity (Wildman–Crippen MR) is 87.0 cm³/mol. The molecule has 0 aliphatic rings. The summed E-state index contributed by atoms with van der Waals surface area (Å²) in [6.07, 6.45) is 1.73. The van der Waals surface area contributed by atoms with Crippen LogP contribution >= 0.6 is 15.9 Å². The molecule has 0 aliphatic carbocycles. The Bertz CT molecular complexity index is 621. The number of carbonyl (C=O) groups excluding carboxylic acids is 1. The molecule has 0 saturated carbocycles. The van der Waals surface area contributed by atoms with Crippen molar-refractivity contribution in [3.8, 4) is 0 Å². The molecule has 21 heavy (non-hydrogen) atoms. The van der Waals surface area contributed by atoms with Crippen molar-refractivity contribution in [2.45, 2.75) is 32.7 Å². The first-order chi connectivity index (χ1) is 10.0. The lowest BCUT2D eigenvalue weighted by atomic mass is 10.1. The van der Waals surface area contributed by atoms with Crippen molar-refractivity contribution in [3.05, 3.63) is 45.7 Å². The highest BCUT2D eigenvalue weighted by Gasteiger charge is 2.18. The molecular formula is C15H19BrN4O. The lowest BCUT2D eigenvalue weighted by Gasteiger charge is -2.13. The molecule has 112 valence electrons. The average molecular weight is 351 g/mol. The lowest BCUT2D eigenvalue weighted by Crippen LogP contribution is -2.27. The number of nitrogens with zero attached hydrogens (tertiary/aromatic N) is 1. The Labute approximate surface area is 132 Å². The van der Waals surface area contributed by atoms with E-state index in [9.17, 15) is 4.79 Å². The minimum atomic E-state index is -0.262. The Morgan fingerprint density at radius 1 is 1.43 bits per heavy atom. The molecule has 5 nitrogen and oxygen atoms in total. The van der Waals surface area contributed by atoms with Gasteiger partial charge in [0.2, 0.25) is 0 Å². The molecule has 1 aromatic carbocycles. The summed E-state index contributed by atoms with van der Waals surface area (Å²) in [4.78, 5) is 12.3. The first kappa shape index (κ1) is 15.6. The summed E-state index contributed by atoms with van der Waals surface area (Å²) >= 11 is 3.39. The van der Waals surface area contributed by atoms with E-state index in [1.54, 1.807) is 0 Å². The lowest BCUT2D eigenvalue weighted by molar-refractivity contribution is 0.0935. The number of hydrogen-bond donors (Lipinski definition) is 3. The third kappa shape index (κ3) is 3.64. The molecule has 1 heterocycles. The van der Waals surface area contributed by atoms with Crippen LogP contribution in [0.1, 0.15) is 48.1 Å². The van der Waals surface area contributed by atoms with Crippen molar-refractivity contribution in [1.29, 1.82) is 0 Å². The highest BCUT2D eigenvalue weighted by molar-refractivity contribution is 9.10. The number of nitrogen functional groups attached to an aromatic ring is 1. The molecule has 4 N–H and O–H groups in total. The maximum absolute atomic E-state index is 12.3. The van der Waals surface area contributed by atoms with E-state index in [0.29, 0.717) is 5.69 Å². The van der Waals surface area contributed by atoms with Crippen LogP contribution in [0.2, 0.25) is 0 Å². The number of carbonyl (C=O) groups is 1. The Morgan fingerprint density at radius 2 is 2.10 bits per heavy atom. The monoisotopic (exact) mass is 350 g/mol. The zero-order chi connectivity index (χ0) is 15.4. The van der Waals surface area contributed by atoms with Crippen molar-refractivity contribution in [2.24, 2.45) is 0 Å². The van der Waals surface area contributed by atoms with Gasteiger partial charge in [0.25, 0.3) is 5.91 Å². The Balaban J connectivity index is 2.09. The summed E-state index contributed by atoms with van der Waals surface area (Å²) in [6.45, 7) is 3.98. The molecule has 2 aromatic rings. The van der Waals surface area contributed by atoms with Gasteiger partial charge in [0.15, 0.2) is 5.69 Å². The summed E-state index contributed by atoms with van der Waals surface area (Å²) < 4.78 is 1.01. The molecule has 0 aliphatic heterocycles. The van der Waals surface area contributed by atoms with Gasteiger partial charge >= 0.3 is 0 Å². The second kappa shape index (κ2) is 6.76. The first-order valence-corrected chi connectivity index (χ1v) is 7.71. The van der Waals surface area contributed by atoms with E-state index >= 15 is 0 Å². The van der Waals surface area contributed by atoms with Crippen molar-refractivity contribution in [3.63, 3.8) is 0 Å². The molecule has 2 rings (SSSR count). The normalized spacial score (nSPS) is 12.1. The van der Waals surface area contributed by atoms with Gasteiger partial charge in [-0.05, 0) is 31.0 Å². The van der Waals surface area contributed by atoms with Gasteiger partial charge in [-0.2, -0.15) is 5.10 Å². The van der Waals surface area contributed by atoms with Crippen LogP contribution in [0.4, 0.5) is 5.69 Å². The average Bonchev–Trinajstić information content (AvgIpc) is 2.81. The fraction of sp³-hybridized carbons (Fsp3) is 0.333. The molecule has 1 atom stereocenters. The highest BCUT2D eigenvalue weighted by atomic mass is 79.9. The number of nitrogens with two attached hydrogens (primary N) is 1. The van der Waals surface area contributed by atoms with E-state index in [0.717, 1.165) is 28.6 Å². The predicted octanol–water partition coefficient (Wildman–Crippen LogP) is 3.20. The van der Waals surface area contributed by atoms with Crippen LogP contribution in [0.25, 0.3) is 0 Å². The highest BCUT2D eigenvalue weighted by Crippen LogP contribution is 2.19. The topological polar surface area (TPSA) is 83.8 Å². The van der Waals surface area contributed by atoms with Crippen LogP contribution in [0, 0.1) is 0 Å². The van der Waals surface area contributed by atoms with Crippen molar-refractivity contribution >= 4 is 27.5 Å². The van der Waals surface area contributed by atoms with Crippen LogP contribution in [-0.2, 0) is 6.42 Å². The van der Waals surface area contributed by atoms with Gasteiger partial charge in [-0.15, -0.1) is 0 Å². The molecule has 0 spiro atoms. The summed E-state index contributed by atoms with van der Waals surface area (Å²) in [7, 11) is 0. The van der Waals surface area contributed by atoms with E-state index < -0.39 is 0 Å². The number of amides is 1. The molecule has 6 heteroatoms. The van der Waals surface area contributed by atoms with Crippen molar-refractivity contribution in [2.75, 3.05) is 5.73 Å². The number of benzene rings is 1. The number of nitrogens with one attached hydrogen (secondary N) is 2. The number of halogens is 1. The summed E-state index contributed by atoms with van der Waals surface area (Å²) in [5.41, 5.74) is 8.51. The fourth-order valence-electron chi connectivity index (χ4n) is 2.10. The molecule has 0 saturated heterocycles. The van der Waals surface area contributed by atoms with Gasteiger partial charge < -0.3 is 11.1 Å². The number of rotatable bonds is 5. The SMILES string of the molecule is CCCc1[nH]nc(C(=O)N[C@@H](C)c2ccc(Br)cc2)c1N. The smallest absolute Gasteiger partial charge is 0.274 e. The maximum Gasteiger partial charge on any atom is 0.274 e. The third-order valence-corrected chi connectivity index (χ3v) is 3.84. The van der Waals surface area contributed by atoms with Gasteiger partial charge in [-0.25, -0.2) is 0 Å². The summed E-state index contributed by atoms with van der Waals surface area (Å²) in [5, 5.41) is 9.77. The summed E-state index contributed by atoms with van der Waals surface area (Å²) in [6, 6.07) is 7.70. The fourth-order valence-corrected chi connectivity index (χ4v) is 2.36. The second-order valence-corrected chi connectivity index (χ2v) is 5.88. The molecule has 1 aromatic heterocycles. The van der Waals surface area contributed by atoms with Crippen LogP contribution in [0.5, 0.6) is 0 Å². The minimum absolute atomic E-state index is 0.115. The van der Waals surface area contributed by atoms with Crippen LogP contribution < -0.4 is 11.1 Å². The molecule has 0 bridgehead atoms. The van der Waals surface area contributed by atoms with Gasteiger partial charge in [-0.1, -0.05) is 41.4 Å². The van der Waals surface area contributed by atoms with E-state index in [1.807, 2.05) is 31.2 Å². The van der Waals surface area contributed by atoms with Crippen molar-refractivity contribution < 1.29 is 4.79 Å². The number of aromatic nitrogens is 2. The molecule has 0 unspecified atom stereocenters. The quantitative estimate of drug-likeness (QED) is 0.774. The Kier molecular flexibility index (Phi) is 5.01. The Hall–Kier alpha value is -1.82. The molecule has 0 radical (unpaired) electrons. The van der Waals surface area contributed by atoms with E-state index in [1.165, 1.54) is 0 Å². The standard InChI is InChI=1S/C15H19BrN4O/c1-3-4-12-13(17)14(20-19-12)15(21)18-9(2)10-5-7-11(16)8-6-10/h5-9H,3-4,17H2,1-2H3,(H,18,21)(H,19,20)/t9-/m0/s1. The first-order valence-electron chi connectivity index (χ1n) is 6.92. The Morgan fingerprint density at radius 3 is 2.71 bits per heavy atom. The zero-order valence-corrected chi connectivity index (χ0v) is 13.7. The molecule has 1 amide bonds. The number of hydrogen-bond acceptors (Lipinski definition) is 3. The second-order valence-electron chi connectivity index (χ2n) is 4.96. The number of aryl methyl sites for hydroxylation is 1. The van der Waals surface area contributed by atoms with Gasteiger partial charge in [0.05, 0.1) is 17.4 Å². The van der Waals surface area contributed by atoms with Crippen LogP contribution in [0.15, 0.2) is 28.7 Å². The maximum atomic E-state index is 12.3. The number of anilines is 1. The molecule has 0 fully saturated rings. The molecular weight excluding hydrogens is 332 g/mol. The van der Waals surface area contributed by atoms with E-state index in [-0.39, 0.29) is 17.6 Å². The van der Waals surface area contributed by atoms with Gasteiger partial charge in [0.1, 0.15) is 0 Å². The van der Waals surface area contributed by atoms with Crippen LogP contribution in [-0.4, -0.2) is 16.1 Å².